The van der Waals surface area contributed by atoms with Crippen LogP contribution in [0.3, 0.4) is 0 Å². The quantitative estimate of drug-likeness (QED) is 0.685. The van der Waals surface area contributed by atoms with Gasteiger partial charge in [-0.25, -0.2) is 14.4 Å². The number of nitrogens with one attached hydrogen (secondary N) is 1. The molecule has 1 aromatic carbocycles. The molecular formula is C23H25FN6O. The molecule has 5 rings (SSSR count). The van der Waals surface area contributed by atoms with Gasteiger partial charge < -0.3 is 10.2 Å². The van der Waals surface area contributed by atoms with Gasteiger partial charge in [0.15, 0.2) is 5.82 Å². The Kier molecular flexibility index (Phi) is 4.72. The minimum Gasteiger partial charge on any atom is -0.346 e. The molecule has 1 aliphatic carbocycles. The molecule has 0 radical (unpaired) electrons. The lowest BCUT2D eigenvalue weighted by Crippen LogP contribution is -2.45. The highest BCUT2D eigenvalue weighted by Gasteiger charge is 2.40. The van der Waals surface area contributed by atoms with Crippen LogP contribution in [0.25, 0.3) is 0 Å². The molecule has 1 fully saturated rings. The van der Waals surface area contributed by atoms with E-state index in [0.29, 0.717) is 24.1 Å². The van der Waals surface area contributed by atoms with Gasteiger partial charge in [-0.15, -0.1) is 0 Å². The zero-order valence-corrected chi connectivity index (χ0v) is 17.8. The van der Waals surface area contributed by atoms with Gasteiger partial charge in [0.2, 0.25) is 5.91 Å². The van der Waals surface area contributed by atoms with Gasteiger partial charge in [-0.2, -0.15) is 5.10 Å². The molecule has 2 aromatic heterocycles. The summed E-state index contributed by atoms with van der Waals surface area (Å²) in [5.74, 6) is 1.68. The molecule has 0 saturated heterocycles. The number of likely N-dealkylation sites (N-methyl/N-ethyl adjacent to an activating group) is 1. The van der Waals surface area contributed by atoms with Crippen molar-refractivity contribution < 1.29 is 9.18 Å². The van der Waals surface area contributed by atoms with Gasteiger partial charge in [-0.1, -0.05) is 12.1 Å². The third-order valence-electron chi connectivity index (χ3n) is 6.35. The van der Waals surface area contributed by atoms with Crippen molar-refractivity contribution in [2.45, 2.75) is 51.1 Å². The van der Waals surface area contributed by atoms with E-state index in [1.165, 1.54) is 12.1 Å². The number of halogens is 1. The van der Waals surface area contributed by atoms with Crippen LogP contribution in [0.5, 0.6) is 0 Å². The van der Waals surface area contributed by atoms with E-state index in [9.17, 15) is 9.18 Å². The largest absolute Gasteiger partial charge is 0.346 e. The fraction of sp³-hybridized carbons (Fsp3) is 0.391. The maximum Gasteiger partial charge on any atom is 0.246 e. The SMILES string of the molecule is Cc1nc(CCc2cnn([C@H]3C[C@H]3c3ccc(F)cc3)c2)nc2c1NC(=O)[C@H](C)N2C. The Balaban J connectivity index is 1.26. The second kappa shape index (κ2) is 7.44. The molecule has 2 aliphatic rings. The third-order valence-corrected chi connectivity index (χ3v) is 6.35. The summed E-state index contributed by atoms with van der Waals surface area (Å²) in [6.45, 7) is 3.76. The van der Waals surface area contributed by atoms with Crippen molar-refractivity contribution in [1.82, 2.24) is 19.7 Å². The second-order valence-electron chi connectivity index (χ2n) is 8.49. The number of aromatic nitrogens is 4. The predicted molar refractivity (Wildman–Crippen MR) is 116 cm³/mol. The average molecular weight is 420 g/mol. The molecular weight excluding hydrogens is 395 g/mol. The fourth-order valence-corrected chi connectivity index (χ4v) is 4.20. The average Bonchev–Trinajstić information content (AvgIpc) is 3.41. The van der Waals surface area contributed by atoms with Gasteiger partial charge in [0, 0.05) is 25.6 Å². The Morgan fingerprint density at radius 1 is 1.19 bits per heavy atom. The summed E-state index contributed by atoms with van der Waals surface area (Å²) in [5.41, 5.74) is 3.77. The third kappa shape index (κ3) is 3.66. The Bertz CT molecular complexity index is 1140. The van der Waals surface area contributed by atoms with Crippen molar-refractivity contribution in [2.75, 3.05) is 17.3 Å². The van der Waals surface area contributed by atoms with E-state index in [1.54, 1.807) is 0 Å². The van der Waals surface area contributed by atoms with E-state index in [0.717, 1.165) is 41.3 Å². The summed E-state index contributed by atoms with van der Waals surface area (Å²) in [6, 6.07) is 6.83. The summed E-state index contributed by atoms with van der Waals surface area (Å²) in [7, 11) is 1.88. The number of anilines is 2. The monoisotopic (exact) mass is 420 g/mol. The fourth-order valence-electron chi connectivity index (χ4n) is 4.20. The molecule has 8 heteroatoms. The lowest BCUT2D eigenvalue weighted by atomic mass is 10.1. The number of hydrogen-bond acceptors (Lipinski definition) is 5. The number of aryl methyl sites for hydroxylation is 3. The zero-order valence-electron chi connectivity index (χ0n) is 17.8. The molecule has 1 saturated carbocycles. The molecule has 3 heterocycles. The Morgan fingerprint density at radius 3 is 2.74 bits per heavy atom. The number of rotatable bonds is 5. The second-order valence-corrected chi connectivity index (χ2v) is 8.49. The van der Waals surface area contributed by atoms with Gasteiger partial charge in [0.25, 0.3) is 0 Å². The molecule has 0 unspecified atom stereocenters. The van der Waals surface area contributed by atoms with Crippen LogP contribution in [0.2, 0.25) is 0 Å². The van der Waals surface area contributed by atoms with E-state index >= 15 is 0 Å². The van der Waals surface area contributed by atoms with Crippen LogP contribution < -0.4 is 10.2 Å². The zero-order chi connectivity index (χ0) is 21.7. The lowest BCUT2D eigenvalue weighted by Gasteiger charge is -2.32. The van der Waals surface area contributed by atoms with Crippen molar-refractivity contribution in [2.24, 2.45) is 0 Å². The lowest BCUT2D eigenvalue weighted by molar-refractivity contribution is -0.117. The molecule has 0 spiro atoms. The van der Waals surface area contributed by atoms with Crippen molar-refractivity contribution in [3.63, 3.8) is 0 Å². The summed E-state index contributed by atoms with van der Waals surface area (Å²) >= 11 is 0. The Hall–Kier alpha value is -3.29. The van der Waals surface area contributed by atoms with Crippen LogP contribution in [0, 0.1) is 12.7 Å². The smallest absolute Gasteiger partial charge is 0.246 e. The highest BCUT2D eigenvalue weighted by atomic mass is 19.1. The van der Waals surface area contributed by atoms with E-state index in [4.69, 9.17) is 4.98 Å². The van der Waals surface area contributed by atoms with Crippen LogP contribution in [-0.2, 0) is 17.6 Å². The Labute approximate surface area is 180 Å². The normalized spacial score (nSPS) is 22.3. The van der Waals surface area contributed by atoms with Gasteiger partial charge in [0.1, 0.15) is 23.4 Å². The highest BCUT2D eigenvalue weighted by molar-refractivity contribution is 6.02. The summed E-state index contributed by atoms with van der Waals surface area (Å²) in [5, 5.41) is 7.46. The number of nitrogens with zero attached hydrogens (tertiary/aromatic N) is 5. The van der Waals surface area contributed by atoms with Crippen LogP contribution >= 0.6 is 0 Å². The molecule has 1 aliphatic heterocycles. The molecule has 3 atom stereocenters. The van der Waals surface area contributed by atoms with Crippen LogP contribution in [0.15, 0.2) is 36.7 Å². The number of hydrogen-bond donors (Lipinski definition) is 1. The molecule has 1 amide bonds. The van der Waals surface area contributed by atoms with Crippen molar-refractivity contribution >= 4 is 17.4 Å². The van der Waals surface area contributed by atoms with Gasteiger partial charge >= 0.3 is 0 Å². The van der Waals surface area contributed by atoms with Crippen molar-refractivity contribution in [3.8, 4) is 0 Å². The Morgan fingerprint density at radius 2 is 1.97 bits per heavy atom. The highest BCUT2D eigenvalue weighted by Crippen LogP contribution is 2.51. The summed E-state index contributed by atoms with van der Waals surface area (Å²) in [6.07, 6.45) is 6.50. The molecule has 0 bridgehead atoms. The number of carbonyl (C=O) groups is 1. The molecule has 3 aromatic rings. The number of carbonyl (C=O) groups excluding carboxylic acids is 1. The van der Waals surface area contributed by atoms with E-state index in [2.05, 4.69) is 21.6 Å². The van der Waals surface area contributed by atoms with Gasteiger partial charge in [0.05, 0.1) is 17.9 Å². The topological polar surface area (TPSA) is 75.9 Å². The molecule has 160 valence electrons. The van der Waals surface area contributed by atoms with E-state index in [1.807, 2.05) is 48.8 Å². The summed E-state index contributed by atoms with van der Waals surface area (Å²) < 4.78 is 15.2. The minimum atomic E-state index is -0.263. The van der Waals surface area contributed by atoms with E-state index < -0.39 is 0 Å². The minimum absolute atomic E-state index is 0.0409. The van der Waals surface area contributed by atoms with Crippen LogP contribution in [0.1, 0.15) is 47.9 Å². The first kappa shape index (κ1) is 19.7. The maximum atomic E-state index is 13.1. The van der Waals surface area contributed by atoms with Gasteiger partial charge in [-0.3, -0.25) is 9.48 Å². The summed E-state index contributed by atoms with van der Waals surface area (Å²) in [4.78, 5) is 23.3. The predicted octanol–water partition coefficient (Wildman–Crippen LogP) is 3.41. The molecule has 7 nitrogen and oxygen atoms in total. The molecule has 31 heavy (non-hydrogen) atoms. The first-order valence-electron chi connectivity index (χ1n) is 10.6. The maximum absolute atomic E-state index is 13.1. The van der Waals surface area contributed by atoms with Gasteiger partial charge in [-0.05, 0) is 49.9 Å². The standard InChI is InChI=1S/C23H25FN6O/c1-13-21-22(29(3)14(2)23(31)28-21)27-20(26-13)9-4-15-11-25-30(12-15)19-10-18(19)16-5-7-17(24)8-6-16/h5-8,11-12,14,18-19H,4,9-10H2,1-3H3,(H,28,31)/t14-,18-,19-/m0/s1. The number of amides is 1. The van der Waals surface area contributed by atoms with Crippen LogP contribution in [-0.4, -0.2) is 38.7 Å². The van der Waals surface area contributed by atoms with E-state index in [-0.39, 0.29) is 17.8 Å². The van der Waals surface area contributed by atoms with Crippen LogP contribution in [0.4, 0.5) is 15.9 Å². The number of fused-ring (bicyclic) bond motifs is 1. The van der Waals surface area contributed by atoms with Crippen molar-refractivity contribution in [3.05, 3.63) is 65.1 Å². The van der Waals surface area contributed by atoms with Crippen molar-refractivity contribution in [1.29, 1.82) is 0 Å². The first-order chi connectivity index (χ1) is 14.9. The first-order valence-corrected chi connectivity index (χ1v) is 10.6. The molecule has 1 N–H and O–H groups in total. The number of benzene rings is 1.